The van der Waals surface area contributed by atoms with Crippen LogP contribution in [0.5, 0.6) is 0 Å². The van der Waals surface area contributed by atoms with Crippen molar-refractivity contribution in [1.82, 2.24) is 0 Å². The highest BCUT2D eigenvalue weighted by atomic mass is 16.1. The van der Waals surface area contributed by atoms with Gasteiger partial charge in [-0.05, 0) is 19.8 Å². The zero-order chi connectivity index (χ0) is 6.62. The van der Waals surface area contributed by atoms with Crippen molar-refractivity contribution in [3.63, 3.8) is 0 Å². The van der Waals surface area contributed by atoms with Gasteiger partial charge in [-0.1, -0.05) is 13.8 Å². The molecule has 0 aromatic rings. The van der Waals surface area contributed by atoms with Gasteiger partial charge in [-0.3, -0.25) is 0 Å². The van der Waals surface area contributed by atoms with Gasteiger partial charge in [0.05, 0.1) is 0 Å². The molecule has 2 radical (unpaired) electrons. The average Bonchev–Trinajstić information content (AvgIpc) is 1.87. The summed E-state index contributed by atoms with van der Waals surface area (Å²) in [6.07, 6.45) is 2.28. The van der Waals surface area contributed by atoms with Gasteiger partial charge in [0.25, 0.3) is 0 Å². The minimum absolute atomic E-state index is 0.556. The zero-order valence-electron chi connectivity index (χ0n) is 5.48. The molecule has 0 aromatic carbocycles. The lowest BCUT2D eigenvalue weighted by Crippen LogP contribution is -2.14. The molecular formula is C7H12O. The molecule has 0 bridgehead atoms. The molecule has 0 rings (SSSR count). The van der Waals surface area contributed by atoms with Crippen molar-refractivity contribution < 1.29 is 4.79 Å². The molecular weight excluding hydrogens is 100 g/mol. The predicted octanol–water partition coefficient (Wildman–Crippen LogP) is 1.70. The average molecular weight is 112 g/mol. The Morgan fingerprint density at radius 2 is 1.88 bits per heavy atom. The number of carbonyl (C=O) groups excluding carboxylic acids is 1. The van der Waals surface area contributed by atoms with E-state index in [0.717, 1.165) is 19.1 Å². The first-order valence-corrected chi connectivity index (χ1v) is 2.93. The summed E-state index contributed by atoms with van der Waals surface area (Å²) in [5, 5.41) is 0. The van der Waals surface area contributed by atoms with Gasteiger partial charge in [0.15, 0.2) is 0 Å². The molecule has 0 atom stereocenters. The second-order valence-corrected chi connectivity index (χ2v) is 2.06. The van der Waals surface area contributed by atoms with E-state index in [-0.39, 0.29) is 0 Å². The molecule has 8 heavy (non-hydrogen) atoms. The van der Waals surface area contributed by atoms with E-state index < -0.39 is 5.41 Å². The molecule has 1 nitrogen and oxygen atoms in total. The maximum absolute atomic E-state index is 10.2. The Bertz CT molecular complexity index is 72.5. The van der Waals surface area contributed by atoms with Crippen LogP contribution in [0.15, 0.2) is 0 Å². The van der Waals surface area contributed by atoms with Crippen LogP contribution in [0.3, 0.4) is 0 Å². The van der Waals surface area contributed by atoms with E-state index in [9.17, 15) is 4.79 Å². The Kier molecular flexibility index (Phi) is 2.74. The van der Waals surface area contributed by atoms with Crippen molar-refractivity contribution in [3.05, 3.63) is 6.92 Å². The summed E-state index contributed by atoms with van der Waals surface area (Å²) < 4.78 is 0. The topological polar surface area (TPSA) is 17.1 Å². The van der Waals surface area contributed by atoms with Gasteiger partial charge in [-0.2, -0.15) is 0 Å². The monoisotopic (exact) mass is 112 g/mol. The lowest BCUT2D eigenvalue weighted by molar-refractivity contribution is -0.114. The summed E-state index contributed by atoms with van der Waals surface area (Å²) in [6, 6.07) is 0. The fourth-order valence-corrected chi connectivity index (χ4v) is 0.417. The van der Waals surface area contributed by atoms with Crippen LogP contribution in [0.1, 0.15) is 26.7 Å². The lowest BCUT2D eigenvalue weighted by atomic mass is 9.87. The summed E-state index contributed by atoms with van der Waals surface area (Å²) in [4.78, 5) is 10.2. The van der Waals surface area contributed by atoms with Crippen molar-refractivity contribution in [3.8, 4) is 0 Å². The van der Waals surface area contributed by atoms with Gasteiger partial charge < -0.3 is 4.79 Å². The maximum Gasteiger partial charge on any atom is 0.126 e. The van der Waals surface area contributed by atoms with Crippen molar-refractivity contribution >= 4 is 6.29 Å². The van der Waals surface area contributed by atoms with E-state index in [1.54, 1.807) is 0 Å². The maximum atomic E-state index is 10.2. The molecule has 1 heteroatoms. The van der Waals surface area contributed by atoms with Crippen LogP contribution < -0.4 is 0 Å². The van der Waals surface area contributed by atoms with Gasteiger partial charge in [-0.25, -0.2) is 0 Å². The summed E-state index contributed by atoms with van der Waals surface area (Å²) in [7, 11) is 0. The highest BCUT2D eigenvalue weighted by Gasteiger charge is 2.17. The molecule has 0 N–H and O–H groups in total. The van der Waals surface area contributed by atoms with Crippen molar-refractivity contribution in [2.75, 3.05) is 0 Å². The Morgan fingerprint density at radius 1 is 1.50 bits per heavy atom. The molecule has 0 spiro atoms. The van der Waals surface area contributed by atoms with Crippen LogP contribution >= 0.6 is 0 Å². The third-order valence-corrected chi connectivity index (χ3v) is 1.55. The molecule has 0 aliphatic carbocycles. The Labute approximate surface area is 51.1 Å². The molecule has 0 saturated carbocycles. The van der Waals surface area contributed by atoms with Crippen LogP contribution in [0, 0.1) is 12.3 Å². The van der Waals surface area contributed by atoms with Crippen molar-refractivity contribution in [1.29, 1.82) is 0 Å². The van der Waals surface area contributed by atoms with Crippen molar-refractivity contribution in [2.24, 2.45) is 5.41 Å². The molecule has 0 aromatic heterocycles. The molecule has 0 aliphatic rings. The fraction of sp³-hybridized carbons (Fsp3) is 0.714. The summed E-state index contributed by atoms with van der Waals surface area (Å²) in [5.41, 5.74) is -0.556. The van der Waals surface area contributed by atoms with Crippen LogP contribution in [0.4, 0.5) is 0 Å². The Morgan fingerprint density at radius 3 is 1.88 bits per heavy atom. The summed E-state index contributed by atoms with van der Waals surface area (Å²) in [6.45, 7) is 9.36. The Balaban J connectivity index is 3.76. The number of rotatable bonds is 3. The van der Waals surface area contributed by atoms with Crippen LogP contribution in [-0.4, -0.2) is 6.29 Å². The second-order valence-electron chi connectivity index (χ2n) is 2.06. The standard InChI is InChI=1S/C7H12O/c1-4-7(3,5-2)6-8/h3,6H,4-5H2,1-2H3. The van der Waals surface area contributed by atoms with Gasteiger partial charge in [0.2, 0.25) is 0 Å². The molecule has 0 fully saturated rings. The Hall–Kier alpha value is -0.330. The van der Waals surface area contributed by atoms with E-state index in [1.165, 1.54) is 0 Å². The van der Waals surface area contributed by atoms with Crippen LogP contribution in [0.25, 0.3) is 0 Å². The van der Waals surface area contributed by atoms with Crippen LogP contribution in [-0.2, 0) is 4.79 Å². The number of carbonyl (C=O) groups is 1. The normalized spacial score (nSPS) is 11.4. The SMILES string of the molecule is [CH]C(C=O)(CC)CC. The first-order valence-electron chi connectivity index (χ1n) is 2.93. The third-order valence-electron chi connectivity index (χ3n) is 1.55. The second kappa shape index (κ2) is 2.85. The fourth-order valence-electron chi connectivity index (χ4n) is 0.417. The van der Waals surface area contributed by atoms with E-state index in [0.29, 0.717) is 0 Å². The highest BCUT2D eigenvalue weighted by molar-refractivity contribution is 5.59. The van der Waals surface area contributed by atoms with E-state index in [4.69, 9.17) is 6.92 Å². The molecule has 0 saturated heterocycles. The van der Waals surface area contributed by atoms with E-state index in [2.05, 4.69) is 0 Å². The van der Waals surface area contributed by atoms with Gasteiger partial charge in [0, 0.05) is 5.41 Å². The summed E-state index contributed by atoms with van der Waals surface area (Å²) >= 11 is 0. The minimum atomic E-state index is -0.556. The zero-order valence-corrected chi connectivity index (χ0v) is 5.48. The number of aldehydes is 1. The van der Waals surface area contributed by atoms with Crippen LogP contribution in [0.2, 0.25) is 0 Å². The third kappa shape index (κ3) is 1.65. The van der Waals surface area contributed by atoms with E-state index in [1.807, 2.05) is 13.8 Å². The van der Waals surface area contributed by atoms with Crippen molar-refractivity contribution in [2.45, 2.75) is 26.7 Å². The van der Waals surface area contributed by atoms with Gasteiger partial charge in [0.1, 0.15) is 6.29 Å². The first kappa shape index (κ1) is 7.67. The first-order chi connectivity index (χ1) is 3.68. The molecule has 0 unspecified atom stereocenters. The lowest BCUT2D eigenvalue weighted by Gasteiger charge is -2.16. The smallest absolute Gasteiger partial charge is 0.126 e. The molecule has 0 amide bonds. The summed E-state index contributed by atoms with van der Waals surface area (Å²) in [5.74, 6) is 0. The molecule has 46 valence electrons. The number of hydrogen-bond acceptors (Lipinski definition) is 1. The quantitative estimate of drug-likeness (QED) is 0.508. The van der Waals surface area contributed by atoms with Gasteiger partial charge >= 0.3 is 0 Å². The molecule has 0 heterocycles. The van der Waals surface area contributed by atoms with E-state index >= 15 is 0 Å². The predicted molar refractivity (Wildman–Crippen MR) is 33.4 cm³/mol. The minimum Gasteiger partial charge on any atom is -0.303 e. The highest BCUT2D eigenvalue weighted by Crippen LogP contribution is 2.20. The molecule has 0 aliphatic heterocycles. The number of hydrogen-bond donors (Lipinski definition) is 0. The largest absolute Gasteiger partial charge is 0.303 e. The van der Waals surface area contributed by atoms with Gasteiger partial charge in [-0.15, -0.1) is 0 Å².